The highest BCUT2D eigenvalue weighted by Crippen LogP contribution is 2.37. The molecule has 0 bridgehead atoms. The number of benzene rings is 2. The lowest BCUT2D eigenvalue weighted by molar-refractivity contribution is -0.123. The first-order valence-electron chi connectivity index (χ1n) is 8.30. The quantitative estimate of drug-likeness (QED) is 0.569. The maximum absolute atomic E-state index is 11.9. The summed E-state index contributed by atoms with van der Waals surface area (Å²) in [5.74, 6) is 1.81. The van der Waals surface area contributed by atoms with Crippen molar-refractivity contribution in [2.75, 3.05) is 27.9 Å². The van der Waals surface area contributed by atoms with E-state index in [-0.39, 0.29) is 12.5 Å². The number of hydrazone groups is 1. The lowest BCUT2D eigenvalue weighted by Crippen LogP contribution is -2.24. The molecule has 0 aromatic heterocycles. The van der Waals surface area contributed by atoms with E-state index in [2.05, 4.69) is 10.5 Å². The molecule has 0 radical (unpaired) electrons. The second-order valence-electron chi connectivity index (χ2n) is 5.81. The van der Waals surface area contributed by atoms with Crippen molar-refractivity contribution in [1.29, 1.82) is 0 Å². The lowest BCUT2D eigenvalue weighted by Gasteiger charge is -2.12. The van der Waals surface area contributed by atoms with E-state index in [1.807, 2.05) is 32.0 Å². The third kappa shape index (κ3) is 5.37. The smallest absolute Gasteiger partial charge is 0.277 e. The molecule has 2 aromatic rings. The fourth-order valence-corrected chi connectivity index (χ4v) is 2.39. The zero-order valence-corrected chi connectivity index (χ0v) is 16.2. The molecule has 27 heavy (non-hydrogen) atoms. The Morgan fingerprint density at radius 3 is 2.26 bits per heavy atom. The van der Waals surface area contributed by atoms with Crippen LogP contribution in [0.5, 0.6) is 23.0 Å². The molecule has 0 atom stereocenters. The molecule has 0 spiro atoms. The number of amides is 1. The summed E-state index contributed by atoms with van der Waals surface area (Å²) in [5, 5.41) is 3.94. The average molecular weight is 372 g/mol. The standard InChI is InChI=1S/C20H24N2O5/c1-13-6-7-14(2)16(8-13)27-12-19(23)22-21-11-15-9-17(24-3)20(26-5)18(10-15)25-4/h6-11H,12H2,1-5H3,(H,22,23)/b21-11+. The van der Waals surface area contributed by atoms with Crippen LogP contribution in [0.2, 0.25) is 0 Å². The molecular weight excluding hydrogens is 348 g/mol. The molecule has 1 N–H and O–H groups in total. The van der Waals surface area contributed by atoms with Crippen molar-refractivity contribution >= 4 is 12.1 Å². The van der Waals surface area contributed by atoms with Gasteiger partial charge in [-0.1, -0.05) is 12.1 Å². The molecule has 7 heteroatoms. The van der Waals surface area contributed by atoms with Gasteiger partial charge in [-0.2, -0.15) is 5.10 Å². The molecule has 0 aliphatic rings. The Bertz CT molecular complexity index is 808. The molecule has 0 saturated heterocycles. The van der Waals surface area contributed by atoms with E-state index in [9.17, 15) is 4.79 Å². The lowest BCUT2D eigenvalue weighted by atomic mass is 10.1. The van der Waals surface area contributed by atoms with Gasteiger partial charge in [-0.05, 0) is 43.2 Å². The summed E-state index contributed by atoms with van der Waals surface area (Å²) >= 11 is 0. The first-order chi connectivity index (χ1) is 13.0. The maximum Gasteiger partial charge on any atom is 0.277 e. The zero-order chi connectivity index (χ0) is 19.8. The van der Waals surface area contributed by atoms with Gasteiger partial charge in [-0.25, -0.2) is 5.43 Å². The van der Waals surface area contributed by atoms with Crippen LogP contribution in [0.4, 0.5) is 0 Å². The van der Waals surface area contributed by atoms with Gasteiger partial charge in [0.05, 0.1) is 27.5 Å². The maximum atomic E-state index is 11.9. The van der Waals surface area contributed by atoms with Gasteiger partial charge in [0.15, 0.2) is 18.1 Å². The van der Waals surface area contributed by atoms with Gasteiger partial charge >= 0.3 is 0 Å². The number of carbonyl (C=O) groups is 1. The Morgan fingerprint density at radius 1 is 1.00 bits per heavy atom. The zero-order valence-electron chi connectivity index (χ0n) is 16.2. The first kappa shape index (κ1) is 20.1. The van der Waals surface area contributed by atoms with E-state index < -0.39 is 0 Å². The van der Waals surface area contributed by atoms with Gasteiger partial charge in [-0.3, -0.25) is 4.79 Å². The molecular formula is C20H24N2O5. The van der Waals surface area contributed by atoms with Gasteiger partial charge < -0.3 is 18.9 Å². The second-order valence-corrected chi connectivity index (χ2v) is 5.81. The Morgan fingerprint density at radius 2 is 1.67 bits per heavy atom. The molecule has 0 aliphatic heterocycles. The summed E-state index contributed by atoms with van der Waals surface area (Å²) in [7, 11) is 4.60. The Hall–Kier alpha value is -3.22. The van der Waals surface area contributed by atoms with Crippen molar-refractivity contribution in [1.82, 2.24) is 5.43 Å². The number of nitrogens with zero attached hydrogens (tertiary/aromatic N) is 1. The van der Waals surface area contributed by atoms with E-state index >= 15 is 0 Å². The molecule has 0 saturated carbocycles. The Balaban J connectivity index is 1.98. The molecule has 7 nitrogen and oxygen atoms in total. The largest absolute Gasteiger partial charge is 0.493 e. The highest BCUT2D eigenvalue weighted by Gasteiger charge is 2.12. The van der Waals surface area contributed by atoms with Gasteiger partial charge in [-0.15, -0.1) is 0 Å². The van der Waals surface area contributed by atoms with Crippen molar-refractivity contribution in [3.05, 3.63) is 47.0 Å². The van der Waals surface area contributed by atoms with Crippen LogP contribution >= 0.6 is 0 Å². The third-order valence-corrected chi connectivity index (χ3v) is 3.79. The van der Waals surface area contributed by atoms with E-state index in [1.54, 1.807) is 12.1 Å². The number of rotatable bonds is 8. The highest BCUT2D eigenvalue weighted by molar-refractivity contribution is 5.84. The predicted molar refractivity (Wildman–Crippen MR) is 103 cm³/mol. The van der Waals surface area contributed by atoms with Crippen molar-refractivity contribution < 1.29 is 23.7 Å². The first-order valence-corrected chi connectivity index (χ1v) is 8.30. The van der Waals surface area contributed by atoms with Gasteiger partial charge in [0.2, 0.25) is 5.75 Å². The van der Waals surface area contributed by atoms with Gasteiger partial charge in [0.1, 0.15) is 5.75 Å². The monoisotopic (exact) mass is 372 g/mol. The topological polar surface area (TPSA) is 78.4 Å². The Labute approximate surface area is 158 Å². The molecule has 0 fully saturated rings. The van der Waals surface area contributed by atoms with Crippen molar-refractivity contribution in [3.63, 3.8) is 0 Å². The highest BCUT2D eigenvalue weighted by atomic mass is 16.5. The minimum Gasteiger partial charge on any atom is -0.493 e. The normalized spacial score (nSPS) is 10.6. The number of hydrogen-bond donors (Lipinski definition) is 1. The van der Waals surface area contributed by atoms with E-state index in [4.69, 9.17) is 18.9 Å². The van der Waals surface area contributed by atoms with E-state index in [0.717, 1.165) is 11.1 Å². The van der Waals surface area contributed by atoms with Crippen LogP contribution in [-0.2, 0) is 4.79 Å². The van der Waals surface area contributed by atoms with E-state index in [1.165, 1.54) is 27.5 Å². The summed E-state index contributed by atoms with van der Waals surface area (Å²) in [6.45, 7) is 3.76. The fraction of sp³-hybridized carbons (Fsp3) is 0.300. The number of carbonyl (C=O) groups excluding carboxylic acids is 1. The molecule has 2 rings (SSSR count). The predicted octanol–water partition coefficient (Wildman–Crippen LogP) is 2.86. The van der Waals surface area contributed by atoms with Crippen LogP contribution in [0, 0.1) is 13.8 Å². The van der Waals surface area contributed by atoms with Gasteiger partial charge in [0.25, 0.3) is 5.91 Å². The molecule has 0 aliphatic carbocycles. The second kappa shape index (κ2) is 9.47. The summed E-state index contributed by atoms with van der Waals surface area (Å²) in [6.07, 6.45) is 1.49. The summed E-state index contributed by atoms with van der Waals surface area (Å²) in [5.41, 5.74) is 5.15. The number of ether oxygens (including phenoxy) is 4. The average Bonchev–Trinajstić information content (AvgIpc) is 2.67. The van der Waals surface area contributed by atoms with Crippen LogP contribution in [0.15, 0.2) is 35.4 Å². The number of hydrogen-bond acceptors (Lipinski definition) is 6. The molecule has 144 valence electrons. The van der Waals surface area contributed by atoms with E-state index in [0.29, 0.717) is 28.6 Å². The summed E-state index contributed by atoms with van der Waals surface area (Å²) in [6, 6.07) is 9.28. The summed E-state index contributed by atoms with van der Waals surface area (Å²) < 4.78 is 21.4. The molecule has 2 aromatic carbocycles. The van der Waals surface area contributed by atoms with Crippen LogP contribution in [-0.4, -0.2) is 40.1 Å². The Kier molecular flexibility index (Phi) is 7.05. The van der Waals surface area contributed by atoms with Gasteiger partial charge in [0, 0.05) is 5.56 Å². The third-order valence-electron chi connectivity index (χ3n) is 3.79. The van der Waals surface area contributed by atoms with Crippen LogP contribution in [0.25, 0.3) is 0 Å². The van der Waals surface area contributed by atoms with Crippen LogP contribution in [0.1, 0.15) is 16.7 Å². The molecule has 0 heterocycles. The SMILES string of the molecule is COc1cc(/C=N/NC(=O)COc2cc(C)ccc2C)cc(OC)c1OC. The van der Waals surface area contributed by atoms with Crippen molar-refractivity contribution in [3.8, 4) is 23.0 Å². The minimum atomic E-state index is -0.361. The fourth-order valence-electron chi connectivity index (χ4n) is 2.39. The minimum absolute atomic E-state index is 0.128. The van der Waals surface area contributed by atoms with Crippen molar-refractivity contribution in [2.45, 2.75) is 13.8 Å². The number of methoxy groups -OCH3 is 3. The molecule has 0 unspecified atom stereocenters. The molecule has 1 amide bonds. The number of nitrogens with one attached hydrogen (secondary N) is 1. The van der Waals surface area contributed by atoms with Crippen LogP contribution in [0.3, 0.4) is 0 Å². The van der Waals surface area contributed by atoms with Crippen LogP contribution < -0.4 is 24.4 Å². The summed E-state index contributed by atoms with van der Waals surface area (Å²) in [4.78, 5) is 11.9. The van der Waals surface area contributed by atoms with Crippen molar-refractivity contribution in [2.24, 2.45) is 5.10 Å². The number of aryl methyl sites for hydroxylation is 2.